The fourth-order valence-electron chi connectivity index (χ4n) is 3.68. The predicted octanol–water partition coefficient (Wildman–Crippen LogP) is 4.51. The SMILES string of the molecule is CN(C)C(CNC(=O)/C=C/c1cn(-c2ccccc2)nc1-c1cccnc1)c1cccc(F)c1. The minimum atomic E-state index is -0.297. The Morgan fingerprint density at radius 3 is 2.65 bits per heavy atom. The molecule has 0 radical (unpaired) electrons. The molecule has 0 aliphatic rings. The zero-order chi connectivity index (χ0) is 23.9. The molecule has 0 bridgehead atoms. The highest BCUT2D eigenvalue weighted by molar-refractivity contribution is 5.92. The van der Waals surface area contributed by atoms with E-state index in [-0.39, 0.29) is 17.8 Å². The van der Waals surface area contributed by atoms with Crippen molar-refractivity contribution in [2.75, 3.05) is 20.6 Å². The van der Waals surface area contributed by atoms with Gasteiger partial charge in [0, 0.05) is 42.3 Å². The monoisotopic (exact) mass is 455 g/mol. The second kappa shape index (κ2) is 10.7. The van der Waals surface area contributed by atoms with Gasteiger partial charge < -0.3 is 10.2 Å². The number of para-hydroxylation sites is 1. The lowest BCUT2D eigenvalue weighted by molar-refractivity contribution is -0.116. The molecule has 1 unspecified atom stereocenters. The molecule has 0 spiro atoms. The maximum absolute atomic E-state index is 13.7. The van der Waals surface area contributed by atoms with Crippen molar-refractivity contribution in [3.8, 4) is 16.9 Å². The number of carbonyl (C=O) groups excluding carboxylic acids is 1. The van der Waals surface area contributed by atoms with Gasteiger partial charge in [-0.3, -0.25) is 9.78 Å². The third kappa shape index (κ3) is 5.63. The number of carbonyl (C=O) groups is 1. The molecule has 4 rings (SSSR count). The number of nitrogens with one attached hydrogen (secondary N) is 1. The summed E-state index contributed by atoms with van der Waals surface area (Å²) in [6.45, 7) is 0.346. The summed E-state index contributed by atoms with van der Waals surface area (Å²) in [5.41, 5.74) is 4.10. The zero-order valence-electron chi connectivity index (χ0n) is 19.1. The molecular formula is C27H26FN5O. The average molecular weight is 456 g/mol. The van der Waals surface area contributed by atoms with Gasteiger partial charge in [0.2, 0.25) is 5.91 Å². The largest absolute Gasteiger partial charge is 0.351 e. The highest BCUT2D eigenvalue weighted by Crippen LogP contribution is 2.24. The third-order valence-electron chi connectivity index (χ3n) is 5.44. The molecule has 1 atom stereocenters. The molecule has 34 heavy (non-hydrogen) atoms. The molecule has 2 aromatic heterocycles. The summed E-state index contributed by atoms with van der Waals surface area (Å²) in [6, 6.07) is 19.8. The number of hydrogen-bond donors (Lipinski definition) is 1. The lowest BCUT2D eigenvalue weighted by atomic mass is 10.1. The second-order valence-corrected chi connectivity index (χ2v) is 8.07. The van der Waals surface area contributed by atoms with Crippen LogP contribution in [0.25, 0.3) is 23.0 Å². The first-order valence-electron chi connectivity index (χ1n) is 10.9. The van der Waals surface area contributed by atoms with Gasteiger partial charge in [-0.25, -0.2) is 9.07 Å². The predicted molar refractivity (Wildman–Crippen MR) is 132 cm³/mol. The molecule has 1 amide bonds. The molecular weight excluding hydrogens is 429 g/mol. The van der Waals surface area contributed by atoms with Crippen LogP contribution in [0.2, 0.25) is 0 Å². The van der Waals surface area contributed by atoms with E-state index in [1.165, 1.54) is 18.2 Å². The van der Waals surface area contributed by atoms with Gasteiger partial charge in [-0.2, -0.15) is 5.10 Å². The summed E-state index contributed by atoms with van der Waals surface area (Å²) in [4.78, 5) is 18.8. The van der Waals surface area contributed by atoms with Crippen molar-refractivity contribution in [1.29, 1.82) is 0 Å². The van der Waals surface area contributed by atoms with Gasteiger partial charge in [0.25, 0.3) is 0 Å². The molecule has 0 saturated carbocycles. The van der Waals surface area contributed by atoms with Crippen LogP contribution in [-0.2, 0) is 4.79 Å². The Kier molecular flexibility index (Phi) is 7.25. The molecule has 2 heterocycles. The number of likely N-dealkylation sites (N-methyl/N-ethyl adjacent to an activating group) is 1. The molecule has 172 valence electrons. The van der Waals surface area contributed by atoms with Gasteiger partial charge in [0.15, 0.2) is 0 Å². The minimum absolute atomic E-state index is 0.153. The molecule has 0 saturated heterocycles. The Bertz CT molecular complexity index is 1270. The zero-order valence-corrected chi connectivity index (χ0v) is 19.1. The summed E-state index contributed by atoms with van der Waals surface area (Å²) in [7, 11) is 3.80. The van der Waals surface area contributed by atoms with Gasteiger partial charge in [-0.1, -0.05) is 30.3 Å². The normalized spacial score (nSPS) is 12.2. The van der Waals surface area contributed by atoms with Crippen LogP contribution in [0.3, 0.4) is 0 Å². The quantitative estimate of drug-likeness (QED) is 0.397. The molecule has 1 N–H and O–H groups in total. The first-order chi connectivity index (χ1) is 16.5. The molecule has 0 fully saturated rings. The van der Waals surface area contributed by atoms with Gasteiger partial charge in [0.1, 0.15) is 11.5 Å². The number of benzene rings is 2. The van der Waals surface area contributed by atoms with E-state index in [2.05, 4.69) is 10.3 Å². The van der Waals surface area contributed by atoms with Crippen LogP contribution in [0, 0.1) is 5.82 Å². The summed E-state index contributed by atoms with van der Waals surface area (Å²) < 4.78 is 15.5. The Hall–Kier alpha value is -4.10. The number of hydrogen-bond acceptors (Lipinski definition) is 4. The van der Waals surface area contributed by atoms with E-state index in [1.807, 2.05) is 73.7 Å². The first kappa shape index (κ1) is 23.1. The molecule has 4 aromatic rings. The van der Waals surface area contributed by atoms with Crippen molar-refractivity contribution in [3.05, 3.63) is 108 Å². The van der Waals surface area contributed by atoms with Crippen LogP contribution in [0.4, 0.5) is 4.39 Å². The minimum Gasteiger partial charge on any atom is -0.351 e. The number of halogens is 1. The van der Waals surface area contributed by atoms with Crippen molar-refractivity contribution in [1.82, 2.24) is 25.0 Å². The average Bonchev–Trinajstić information content (AvgIpc) is 3.28. The van der Waals surface area contributed by atoms with Crippen LogP contribution >= 0.6 is 0 Å². The summed E-state index contributed by atoms with van der Waals surface area (Å²) in [5, 5.41) is 7.65. The van der Waals surface area contributed by atoms with E-state index in [0.29, 0.717) is 6.54 Å². The summed E-state index contributed by atoms with van der Waals surface area (Å²) in [5.74, 6) is -0.540. The highest BCUT2D eigenvalue weighted by atomic mass is 19.1. The molecule has 2 aromatic carbocycles. The van der Waals surface area contributed by atoms with E-state index in [9.17, 15) is 9.18 Å². The fraction of sp³-hybridized carbons (Fsp3) is 0.148. The highest BCUT2D eigenvalue weighted by Gasteiger charge is 2.16. The smallest absolute Gasteiger partial charge is 0.244 e. The summed E-state index contributed by atoms with van der Waals surface area (Å²) >= 11 is 0. The lowest BCUT2D eigenvalue weighted by Gasteiger charge is -2.24. The first-order valence-corrected chi connectivity index (χ1v) is 10.9. The second-order valence-electron chi connectivity index (χ2n) is 8.07. The number of amides is 1. The molecule has 0 aliphatic carbocycles. The molecule has 7 heteroatoms. The van der Waals surface area contributed by atoms with E-state index in [0.717, 1.165) is 28.1 Å². The Morgan fingerprint density at radius 1 is 1.12 bits per heavy atom. The van der Waals surface area contributed by atoms with Crippen molar-refractivity contribution in [2.24, 2.45) is 0 Å². The van der Waals surface area contributed by atoms with Crippen LogP contribution in [0.1, 0.15) is 17.2 Å². The van der Waals surface area contributed by atoms with E-state index in [1.54, 1.807) is 29.2 Å². The van der Waals surface area contributed by atoms with E-state index in [4.69, 9.17) is 5.10 Å². The lowest BCUT2D eigenvalue weighted by Crippen LogP contribution is -2.33. The summed E-state index contributed by atoms with van der Waals surface area (Å²) in [6.07, 6.45) is 8.58. The van der Waals surface area contributed by atoms with Gasteiger partial charge >= 0.3 is 0 Å². The Labute approximate surface area is 198 Å². The molecule has 6 nitrogen and oxygen atoms in total. The van der Waals surface area contributed by atoms with Crippen LogP contribution in [0.5, 0.6) is 0 Å². The molecule has 0 aliphatic heterocycles. The number of pyridine rings is 1. The third-order valence-corrected chi connectivity index (χ3v) is 5.44. The van der Waals surface area contributed by atoms with Crippen LogP contribution < -0.4 is 5.32 Å². The van der Waals surface area contributed by atoms with Crippen molar-refractivity contribution in [2.45, 2.75) is 6.04 Å². The van der Waals surface area contributed by atoms with Gasteiger partial charge in [-0.15, -0.1) is 0 Å². The standard InChI is InChI=1S/C27H26FN5O/c1-32(2)25(20-8-6-10-23(28)16-20)18-30-26(34)14-13-22-19-33(24-11-4-3-5-12-24)31-27(22)21-9-7-15-29-17-21/h3-17,19,25H,18H2,1-2H3,(H,30,34)/b14-13+. The topological polar surface area (TPSA) is 63.1 Å². The Balaban J connectivity index is 1.53. The van der Waals surface area contributed by atoms with E-state index < -0.39 is 0 Å². The van der Waals surface area contributed by atoms with Crippen LogP contribution in [-0.4, -0.2) is 46.2 Å². The maximum atomic E-state index is 13.7. The van der Waals surface area contributed by atoms with Gasteiger partial charge in [0.05, 0.1) is 11.7 Å². The van der Waals surface area contributed by atoms with Crippen molar-refractivity contribution >= 4 is 12.0 Å². The number of aromatic nitrogens is 3. The number of rotatable bonds is 8. The van der Waals surface area contributed by atoms with Gasteiger partial charge in [-0.05, 0) is 62.1 Å². The van der Waals surface area contributed by atoms with Crippen LogP contribution in [0.15, 0.2) is 91.4 Å². The fourth-order valence-corrected chi connectivity index (χ4v) is 3.68. The maximum Gasteiger partial charge on any atom is 0.244 e. The van der Waals surface area contributed by atoms with Crippen molar-refractivity contribution in [3.63, 3.8) is 0 Å². The van der Waals surface area contributed by atoms with E-state index >= 15 is 0 Å². The number of nitrogens with zero attached hydrogens (tertiary/aromatic N) is 4. The van der Waals surface area contributed by atoms with Crippen molar-refractivity contribution < 1.29 is 9.18 Å². The Morgan fingerprint density at radius 2 is 1.94 bits per heavy atom.